The van der Waals surface area contributed by atoms with Crippen molar-refractivity contribution < 1.29 is 9.59 Å². The monoisotopic (exact) mass is 438 g/mol. The van der Waals surface area contributed by atoms with Crippen molar-refractivity contribution in [1.82, 2.24) is 15.1 Å². The maximum atomic E-state index is 13.3. The molecule has 0 radical (unpaired) electrons. The van der Waals surface area contributed by atoms with Gasteiger partial charge in [0.15, 0.2) is 5.96 Å². The zero-order chi connectivity index (χ0) is 22.6. The van der Waals surface area contributed by atoms with Crippen molar-refractivity contribution in [1.29, 1.82) is 5.41 Å². The minimum Gasteiger partial charge on any atom is -0.342 e. The van der Waals surface area contributed by atoms with E-state index in [0.29, 0.717) is 25.3 Å². The fourth-order valence-electron chi connectivity index (χ4n) is 5.96. The van der Waals surface area contributed by atoms with Gasteiger partial charge in [0.1, 0.15) is 5.54 Å². The lowest BCUT2D eigenvalue weighted by atomic mass is 9.77. The second-order valence-corrected chi connectivity index (χ2v) is 10.2. The van der Waals surface area contributed by atoms with E-state index < -0.39 is 5.54 Å². The molecule has 2 atom stereocenters. The molecule has 2 N–H and O–H groups in total. The van der Waals surface area contributed by atoms with E-state index in [2.05, 4.69) is 5.32 Å². The van der Waals surface area contributed by atoms with Gasteiger partial charge in [-0.2, -0.15) is 0 Å². The number of likely N-dealkylation sites (N-methyl/N-ethyl adjacent to an activating group) is 1. The predicted octanol–water partition coefficient (Wildman–Crippen LogP) is 3.95. The molecule has 6 heteroatoms. The highest BCUT2D eigenvalue weighted by Crippen LogP contribution is 2.36. The first-order valence-electron chi connectivity index (χ1n) is 12.4. The molecule has 3 aliphatic rings. The summed E-state index contributed by atoms with van der Waals surface area (Å²) in [5, 5.41) is 11.5. The number of carbonyl (C=O) groups is 2. The number of nitrogens with zero attached hydrogens (tertiary/aromatic N) is 2. The summed E-state index contributed by atoms with van der Waals surface area (Å²) >= 11 is 0. The topological polar surface area (TPSA) is 76.5 Å². The minimum atomic E-state index is -0.681. The molecular weight excluding hydrogens is 400 g/mol. The van der Waals surface area contributed by atoms with Crippen LogP contribution in [0.3, 0.4) is 0 Å². The summed E-state index contributed by atoms with van der Waals surface area (Å²) in [6.07, 6.45) is 11.5. The van der Waals surface area contributed by atoms with Crippen molar-refractivity contribution in [2.45, 2.75) is 76.2 Å². The zero-order valence-corrected chi connectivity index (χ0v) is 19.4. The molecule has 1 aromatic carbocycles. The number of piperidine rings is 1. The standard InChI is InChI=1S/C26H38N4O2/c1-29-24(32)26(28-25(29)27,15-14-20-9-4-2-5-10-20)18-22-13-8-16-30(19-22)23(31)17-21-11-6-3-7-12-21/h3,6-7,11-12,20,22H,2,4-5,8-10,13-19H2,1H3,(H2,27,28)/t22-,26-/m0/s1. The number of likely N-dealkylation sites (tertiary alicyclic amines) is 1. The van der Waals surface area contributed by atoms with Crippen LogP contribution >= 0.6 is 0 Å². The van der Waals surface area contributed by atoms with Crippen LogP contribution in [-0.2, 0) is 16.0 Å². The normalized spacial score (nSPS) is 27.0. The fraction of sp³-hybridized carbons (Fsp3) is 0.654. The fourth-order valence-corrected chi connectivity index (χ4v) is 5.96. The van der Waals surface area contributed by atoms with Gasteiger partial charge in [0.25, 0.3) is 5.91 Å². The van der Waals surface area contributed by atoms with Crippen LogP contribution in [0, 0.1) is 17.2 Å². The third-order valence-electron chi connectivity index (χ3n) is 7.82. The van der Waals surface area contributed by atoms with Crippen molar-refractivity contribution in [3.05, 3.63) is 35.9 Å². The second kappa shape index (κ2) is 10.1. The number of nitrogens with one attached hydrogen (secondary N) is 2. The molecule has 1 saturated carbocycles. The number of rotatable bonds is 7. The first-order chi connectivity index (χ1) is 15.5. The smallest absolute Gasteiger partial charge is 0.254 e. The molecule has 4 rings (SSSR count). The maximum Gasteiger partial charge on any atom is 0.254 e. The van der Waals surface area contributed by atoms with Crippen LogP contribution in [0.25, 0.3) is 0 Å². The molecule has 3 fully saturated rings. The molecule has 0 bridgehead atoms. The molecule has 2 aliphatic heterocycles. The molecule has 0 spiro atoms. The van der Waals surface area contributed by atoms with Gasteiger partial charge in [0.05, 0.1) is 6.42 Å². The van der Waals surface area contributed by atoms with Gasteiger partial charge in [-0.25, -0.2) is 0 Å². The lowest BCUT2D eigenvalue weighted by Gasteiger charge is -2.38. The van der Waals surface area contributed by atoms with Gasteiger partial charge in [0, 0.05) is 20.1 Å². The number of benzene rings is 1. The van der Waals surface area contributed by atoms with Gasteiger partial charge < -0.3 is 10.2 Å². The first-order valence-corrected chi connectivity index (χ1v) is 12.4. The van der Waals surface area contributed by atoms with Gasteiger partial charge in [0.2, 0.25) is 5.91 Å². The van der Waals surface area contributed by atoms with Crippen molar-refractivity contribution >= 4 is 17.8 Å². The lowest BCUT2D eigenvalue weighted by molar-refractivity contribution is -0.133. The van der Waals surface area contributed by atoms with Crippen LogP contribution in [-0.4, -0.2) is 53.2 Å². The molecule has 0 aromatic heterocycles. The Labute approximate surface area is 192 Å². The van der Waals surface area contributed by atoms with E-state index in [9.17, 15) is 9.59 Å². The van der Waals surface area contributed by atoms with Gasteiger partial charge in [-0.3, -0.25) is 19.9 Å². The summed E-state index contributed by atoms with van der Waals surface area (Å²) in [7, 11) is 1.70. The molecule has 2 amide bonds. The number of carbonyl (C=O) groups excluding carboxylic acids is 2. The Balaban J connectivity index is 1.41. The maximum absolute atomic E-state index is 13.3. The molecular formula is C26H38N4O2. The highest BCUT2D eigenvalue weighted by Gasteiger charge is 2.49. The molecule has 1 aromatic rings. The van der Waals surface area contributed by atoms with Crippen LogP contribution in [0.5, 0.6) is 0 Å². The Morgan fingerprint density at radius 2 is 1.81 bits per heavy atom. The summed E-state index contributed by atoms with van der Waals surface area (Å²) in [6, 6.07) is 9.92. The average molecular weight is 439 g/mol. The minimum absolute atomic E-state index is 0.0334. The average Bonchev–Trinajstić information content (AvgIpc) is 3.03. The summed E-state index contributed by atoms with van der Waals surface area (Å²) in [6.45, 7) is 1.51. The van der Waals surface area contributed by atoms with Gasteiger partial charge in [-0.15, -0.1) is 0 Å². The Bertz CT molecular complexity index is 820. The Morgan fingerprint density at radius 3 is 2.50 bits per heavy atom. The van der Waals surface area contributed by atoms with Crippen LogP contribution in [0.2, 0.25) is 0 Å². The van der Waals surface area contributed by atoms with E-state index in [0.717, 1.165) is 37.8 Å². The predicted molar refractivity (Wildman–Crippen MR) is 126 cm³/mol. The lowest BCUT2D eigenvalue weighted by Crippen LogP contribution is -2.51. The van der Waals surface area contributed by atoms with Gasteiger partial charge in [-0.05, 0) is 49.5 Å². The number of hydrogen-bond acceptors (Lipinski definition) is 3. The van der Waals surface area contributed by atoms with E-state index in [1.807, 2.05) is 35.2 Å². The molecule has 32 heavy (non-hydrogen) atoms. The Hall–Kier alpha value is -2.37. The molecule has 2 saturated heterocycles. The highest BCUT2D eigenvalue weighted by atomic mass is 16.2. The second-order valence-electron chi connectivity index (χ2n) is 10.2. The zero-order valence-electron chi connectivity index (χ0n) is 19.4. The quantitative estimate of drug-likeness (QED) is 0.677. The molecule has 2 heterocycles. The summed E-state index contributed by atoms with van der Waals surface area (Å²) < 4.78 is 0. The molecule has 1 aliphatic carbocycles. The van der Waals surface area contributed by atoms with Gasteiger partial charge >= 0.3 is 0 Å². The SMILES string of the molecule is CN1C(=N)N[C@@](CCC2CCCCC2)(C[C@@H]2CCCN(C(=O)Cc3ccccc3)C2)C1=O. The number of hydrogen-bond donors (Lipinski definition) is 2. The molecule has 174 valence electrons. The molecule has 0 unspecified atom stereocenters. The van der Waals surface area contributed by atoms with E-state index in [-0.39, 0.29) is 23.7 Å². The number of amides is 2. The van der Waals surface area contributed by atoms with Crippen molar-refractivity contribution in [3.8, 4) is 0 Å². The third kappa shape index (κ3) is 5.16. The van der Waals surface area contributed by atoms with Gasteiger partial charge in [-0.1, -0.05) is 62.4 Å². The van der Waals surface area contributed by atoms with E-state index in [1.165, 1.54) is 37.0 Å². The van der Waals surface area contributed by atoms with Crippen LogP contribution < -0.4 is 5.32 Å². The van der Waals surface area contributed by atoms with Crippen molar-refractivity contribution in [2.24, 2.45) is 11.8 Å². The van der Waals surface area contributed by atoms with Crippen molar-refractivity contribution in [3.63, 3.8) is 0 Å². The van der Waals surface area contributed by atoms with Crippen LogP contribution in [0.15, 0.2) is 30.3 Å². The largest absolute Gasteiger partial charge is 0.342 e. The van der Waals surface area contributed by atoms with Crippen LogP contribution in [0.4, 0.5) is 0 Å². The Kier molecular flexibility index (Phi) is 7.17. The third-order valence-corrected chi connectivity index (χ3v) is 7.82. The Morgan fingerprint density at radius 1 is 1.09 bits per heavy atom. The molecule has 6 nitrogen and oxygen atoms in total. The van der Waals surface area contributed by atoms with E-state index >= 15 is 0 Å². The van der Waals surface area contributed by atoms with E-state index in [4.69, 9.17) is 5.41 Å². The summed E-state index contributed by atoms with van der Waals surface area (Å²) in [5.74, 6) is 1.40. The first kappa shape index (κ1) is 22.8. The van der Waals surface area contributed by atoms with Crippen molar-refractivity contribution in [2.75, 3.05) is 20.1 Å². The van der Waals surface area contributed by atoms with Crippen LogP contribution in [0.1, 0.15) is 69.8 Å². The number of guanidine groups is 1. The summed E-state index contributed by atoms with van der Waals surface area (Å²) in [5.41, 5.74) is 0.366. The summed E-state index contributed by atoms with van der Waals surface area (Å²) in [4.78, 5) is 29.7. The van der Waals surface area contributed by atoms with E-state index in [1.54, 1.807) is 7.05 Å². The highest BCUT2D eigenvalue weighted by molar-refractivity contribution is 6.07.